The van der Waals surface area contributed by atoms with Crippen LogP contribution in [-0.4, -0.2) is 40.5 Å². The van der Waals surface area contributed by atoms with Crippen LogP contribution >= 0.6 is 0 Å². The van der Waals surface area contributed by atoms with Crippen molar-refractivity contribution in [3.8, 4) is 5.75 Å². The number of likely N-dealkylation sites (tertiary alicyclic amines) is 1. The Morgan fingerprint density at radius 2 is 1.92 bits per heavy atom. The highest BCUT2D eigenvalue weighted by Gasteiger charge is 2.32. The van der Waals surface area contributed by atoms with Gasteiger partial charge in [0.1, 0.15) is 11.3 Å². The molecule has 1 atom stereocenters. The molecule has 0 aliphatic carbocycles. The van der Waals surface area contributed by atoms with Gasteiger partial charge in [-0.25, -0.2) is 4.79 Å². The molecule has 2 aromatic rings. The van der Waals surface area contributed by atoms with Crippen LogP contribution in [0.1, 0.15) is 45.2 Å². The third kappa shape index (κ3) is 2.82. The Hall–Kier alpha value is -2.89. The van der Waals surface area contributed by atoms with Crippen molar-refractivity contribution >= 4 is 11.9 Å². The summed E-state index contributed by atoms with van der Waals surface area (Å²) in [5.74, 6) is -1.22. The van der Waals surface area contributed by atoms with E-state index in [-0.39, 0.29) is 28.8 Å². The zero-order chi connectivity index (χ0) is 17.1. The third-order valence-electron chi connectivity index (χ3n) is 4.28. The lowest BCUT2D eigenvalue weighted by molar-refractivity contribution is 0.0693. The van der Waals surface area contributed by atoms with Gasteiger partial charge in [0.25, 0.3) is 5.91 Å². The number of hydrogen-bond acceptors (Lipinski definition) is 4. The molecular weight excluding hydrogens is 308 g/mol. The number of carbonyl (C=O) groups excluding carboxylic acids is 1. The maximum Gasteiger partial charge on any atom is 0.339 e. The molecule has 1 aromatic carbocycles. The second-order valence-electron chi connectivity index (χ2n) is 5.63. The zero-order valence-corrected chi connectivity index (χ0v) is 13.3. The second-order valence-corrected chi connectivity index (χ2v) is 5.63. The van der Waals surface area contributed by atoms with E-state index in [2.05, 4.69) is 4.98 Å². The van der Waals surface area contributed by atoms with Gasteiger partial charge in [0.2, 0.25) is 0 Å². The highest BCUT2D eigenvalue weighted by molar-refractivity contribution is 6.02. The molecule has 6 nitrogen and oxygen atoms in total. The van der Waals surface area contributed by atoms with E-state index < -0.39 is 5.97 Å². The monoisotopic (exact) mass is 326 g/mol. The number of ether oxygens (including phenoxy) is 1. The van der Waals surface area contributed by atoms with Crippen LogP contribution in [0.3, 0.4) is 0 Å². The van der Waals surface area contributed by atoms with E-state index in [0.29, 0.717) is 6.54 Å². The highest BCUT2D eigenvalue weighted by atomic mass is 16.5. The number of aromatic carboxylic acids is 1. The summed E-state index contributed by atoms with van der Waals surface area (Å²) in [6.07, 6.45) is 5.19. The molecule has 1 saturated heterocycles. The summed E-state index contributed by atoms with van der Waals surface area (Å²) in [4.78, 5) is 30.2. The molecule has 1 aliphatic heterocycles. The van der Waals surface area contributed by atoms with Gasteiger partial charge in [-0.2, -0.15) is 0 Å². The number of carboxylic acids is 1. The predicted molar refractivity (Wildman–Crippen MR) is 87.2 cm³/mol. The molecule has 0 radical (unpaired) electrons. The van der Waals surface area contributed by atoms with Crippen molar-refractivity contribution in [3.63, 3.8) is 0 Å². The molecule has 1 fully saturated rings. The first-order valence-corrected chi connectivity index (χ1v) is 7.74. The van der Waals surface area contributed by atoms with Crippen LogP contribution < -0.4 is 4.74 Å². The van der Waals surface area contributed by atoms with Gasteiger partial charge in [-0.3, -0.25) is 9.78 Å². The molecule has 0 saturated carbocycles. The number of rotatable bonds is 4. The van der Waals surface area contributed by atoms with E-state index >= 15 is 0 Å². The van der Waals surface area contributed by atoms with E-state index in [1.165, 1.54) is 13.2 Å². The normalized spacial score (nSPS) is 16.9. The molecule has 1 N–H and O–H groups in total. The number of benzene rings is 1. The van der Waals surface area contributed by atoms with E-state index in [0.717, 1.165) is 18.4 Å². The summed E-state index contributed by atoms with van der Waals surface area (Å²) in [6.45, 7) is 0.631. The van der Waals surface area contributed by atoms with Crippen LogP contribution in [0, 0.1) is 0 Å². The van der Waals surface area contributed by atoms with E-state index in [4.69, 9.17) is 4.74 Å². The van der Waals surface area contributed by atoms with Gasteiger partial charge in [-0.05, 0) is 42.7 Å². The van der Waals surface area contributed by atoms with Crippen LogP contribution in [0.2, 0.25) is 0 Å². The molecule has 1 aliphatic rings. The van der Waals surface area contributed by atoms with Crippen molar-refractivity contribution < 1.29 is 19.4 Å². The second kappa shape index (κ2) is 6.70. The van der Waals surface area contributed by atoms with Gasteiger partial charge in [-0.15, -0.1) is 0 Å². The molecule has 3 rings (SSSR count). The number of methoxy groups -OCH3 is 1. The topological polar surface area (TPSA) is 79.7 Å². The fourth-order valence-corrected chi connectivity index (χ4v) is 3.19. The first-order chi connectivity index (χ1) is 11.6. The third-order valence-corrected chi connectivity index (χ3v) is 4.28. The molecule has 0 spiro atoms. The van der Waals surface area contributed by atoms with Crippen LogP contribution in [-0.2, 0) is 0 Å². The minimum absolute atomic E-state index is 0.0111. The Bertz CT molecular complexity index is 761. The quantitative estimate of drug-likeness (QED) is 0.934. The summed E-state index contributed by atoms with van der Waals surface area (Å²) >= 11 is 0. The fourth-order valence-electron chi connectivity index (χ4n) is 3.19. The minimum atomic E-state index is -1.12. The number of nitrogens with zero attached hydrogens (tertiary/aromatic N) is 2. The highest BCUT2D eigenvalue weighted by Crippen LogP contribution is 2.35. The number of carboxylic acid groups (broad SMARTS) is 1. The number of carbonyl (C=O) groups is 2. The predicted octanol–water partition coefficient (Wildman–Crippen LogP) is 2.77. The minimum Gasteiger partial charge on any atom is -0.495 e. The molecule has 1 aromatic heterocycles. The summed E-state index contributed by atoms with van der Waals surface area (Å²) < 4.78 is 5.22. The fraction of sp³-hybridized carbons (Fsp3) is 0.278. The Morgan fingerprint density at radius 1 is 1.21 bits per heavy atom. The lowest BCUT2D eigenvalue weighted by Gasteiger charge is -2.26. The first-order valence-electron chi connectivity index (χ1n) is 7.74. The number of pyridine rings is 1. The SMILES string of the molecule is COc1c(C(=O)O)cccc1C(=O)N1CCCC1c1ccncc1. The average Bonchev–Trinajstić information content (AvgIpc) is 3.10. The molecule has 6 heteroatoms. The smallest absolute Gasteiger partial charge is 0.339 e. The van der Waals surface area contributed by atoms with Crippen molar-refractivity contribution in [1.29, 1.82) is 0 Å². The standard InChI is InChI=1S/C18H18N2O4/c1-24-16-13(4-2-5-14(16)18(22)23)17(21)20-11-3-6-15(20)12-7-9-19-10-8-12/h2,4-5,7-10,15H,3,6,11H2,1H3,(H,22,23). The van der Waals surface area contributed by atoms with Gasteiger partial charge >= 0.3 is 5.97 Å². The Morgan fingerprint density at radius 3 is 2.58 bits per heavy atom. The lowest BCUT2D eigenvalue weighted by Crippen LogP contribution is -2.31. The van der Waals surface area contributed by atoms with Crippen molar-refractivity contribution in [1.82, 2.24) is 9.88 Å². The summed E-state index contributed by atoms with van der Waals surface area (Å²) in [5.41, 5.74) is 1.30. The molecular formula is C18H18N2O4. The van der Waals surface area contributed by atoms with Crippen molar-refractivity contribution in [2.45, 2.75) is 18.9 Å². The van der Waals surface area contributed by atoms with Crippen molar-refractivity contribution in [2.75, 3.05) is 13.7 Å². The Kier molecular flexibility index (Phi) is 4.46. The van der Waals surface area contributed by atoms with Gasteiger partial charge in [-0.1, -0.05) is 6.07 Å². The van der Waals surface area contributed by atoms with Crippen LogP contribution in [0.25, 0.3) is 0 Å². The van der Waals surface area contributed by atoms with Crippen LogP contribution in [0.5, 0.6) is 5.75 Å². The molecule has 24 heavy (non-hydrogen) atoms. The molecule has 1 amide bonds. The van der Waals surface area contributed by atoms with Crippen molar-refractivity contribution in [2.24, 2.45) is 0 Å². The Labute approximate surface area is 139 Å². The van der Waals surface area contributed by atoms with Crippen LogP contribution in [0.4, 0.5) is 0 Å². The summed E-state index contributed by atoms with van der Waals surface area (Å²) in [6, 6.07) is 8.38. The van der Waals surface area contributed by atoms with E-state index in [9.17, 15) is 14.7 Å². The summed E-state index contributed by atoms with van der Waals surface area (Å²) in [5, 5.41) is 9.29. The summed E-state index contributed by atoms with van der Waals surface area (Å²) in [7, 11) is 1.38. The average molecular weight is 326 g/mol. The van der Waals surface area contributed by atoms with Crippen LogP contribution in [0.15, 0.2) is 42.7 Å². The largest absolute Gasteiger partial charge is 0.495 e. The van der Waals surface area contributed by atoms with E-state index in [1.807, 2.05) is 12.1 Å². The Balaban J connectivity index is 1.97. The first kappa shape index (κ1) is 16.0. The zero-order valence-electron chi connectivity index (χ0n) is 13.3. The molecule has 2 heterocycles. The van der Waals surface area contributed by atoms with Gasteiger partial charge in [0, 0.05) is 18.9 Å². The molecule has 1 unspecified atom stereocenters. The van der Waals surface area contributed by atoms with Gasteiger partial charge < -0.3 is 14.7 Å². The number of amides is 1. The number of aromatic nitrogens is 1. The van der Waals surface area contributed by atoms with Gasteiger partial charge in [0.05, 0.1) is 18.7 Å². The number of hydrogen-bond donors (Lipinski definition) is 1. The van der Waals surface area contributed by atoms with Gasteiger partial charge in [0.15, 0.2) is 0 Å². The van der Waals surface area contributed by atoms with E-state index in [1.54, 1.807) is 29.4 Å². The van der Waals surface area contributed by atoms with Crippen molar-refractivity contribution in [3.05, 3.63) is 59.4 Å². The maximum atomic E-state index is 13.0. The molecule has 124 valence electrons. The molecule has 0 bridgehead atoms. The number of para-hydroxylation sites is 1. The maximum absolute atomic E-state index is 13.0. The lowest BCUT2D eigenvalue weighted by atomic mass is 10.0.